The molecule has 0 heterocycles. The van der Waals surface area contributed by atoms with Gasteiger partial charge in [-0.3, -0.25) is 4.90 Å². The maximum absolute atomic E-state index is 9.87. The Morgan fingerprint density at radius 3 is 2.71 bits per heavy atom. The van der Waals surface area contributed by atoms with Gasteiger partial charge in [0.2, 0.25) is 0 Å². The van der Waals surface area contributed by atoms with Crippen LogP contribution < -0.4 is 0 Å². The second-order valence-corrected chi connectivity index (χ2v) is 4.89. The van der Waals surface area contributed by atoms with Gasteiger partial charge in [0, 0.05) is 25.7 Å². The first kappa shape index (κ1) is 14.9. The predicted molar refractivity (Wildman–Crippen MR) is 68.0 cm³/mol. The number of ether oxygens (including phenoxy) is 1. The molecule has 0 bridgehead atoms. The molecule has 0 aliphatic heterocycles. The van der Waals surface area contributed by atoms with Crippen molar-refractivity contribution in [3.8, 4) is 0 Å². The van der Waals surface area contributed by atoms with Gasteiger partial charge in [0.25, 0.3) is 0 Å². The fraction of sp³-hybridized carbons (Fsp3) is 1.00. The molecule has 4 nitrogen and oxygen atoms in total. The summed E-state index contributed by atoms with van der Waals surface area (Å²) in [6, 6.07) is 0.562. The van der Waals surface area contributed by atoms with Crippen molar-refractivity contribution in [1.29, 1.82) is 0 Å². The summed E-state index contributed by atoms with van der Waals surface area (Å²) < 4.78 is 5.41. The lowest BCUT2D eigenvalue weighted by atomic mass is 9.91. The third-order valence-corrected chi connectivity index (χ3v) is 3.38. The van der Waals surface area contributed by atoms with E-state index in [-0.39, 0.29) is 6.61 Å². The quantitative estimate of drug-likeness (QED) is 0.564. The number of hydrogen-bond acceptors (Lipinski definition) is 4. The highest BCUT2D eigenvalue weighted by Gasteiger charge is 2.25. The van der Waals surface area contributed by atoms with E-state index >= 15 is 0 Å². The van der Waals surface area contributed by atoms with Gasteiger partial charge in [-0.15, -0.1) is 0 Å². The monoisotopic (exact) mass is 245 g/mol. The molecule has 0 aromatic heterocycles. The van der Waals surface area contributed by atoms with Gasteiger partial charge >= 0.3 is 0 Å². The van der Waals surface area contributed by atoms with E-state index in [0.29, 0.717) is 25.7 Å². The summed E-state index contributed by atoms with van der Waals surface area (Å²) in [5, 5.41) is 18.9. The summed E-state index contributed by atoms with van der Waals surface area (Å²) in [6.07, 6.45) is 5.41. The minimum Gasteiger partial charge on any atom is -0.395 e. The van der Waals surface area contributed by atoms with E-state index in [1.54, 1.807) is 0 Å². The highest BCUT2D eigenvalue weighted by atomic mass is 16.5. The van der Waals surface area contributed by atoms with Gasteiger partial charge in [-0.25, -0.2) is 0 Å². The van der Waals surface area contributed by atoms with Crippen LogP contribution in [0.1, 0.15) is 39.0 Å². The average molecular weight is 245 g/mol. The van der Waals surface area contributed by atoms with Crippen molar-refractivity contribution in [1.82, 2.24) is 4.90 Å². The fourth-order valence-corrected chi connectivity index (χ4v) is 2.09. The van der Waals surface area contributed by atoms with Crippen LogP contribution in [0.5, 0.6) is 0 Å². The third-order valence-electron chi connectivity index (χ3n) is 3.38. The van der Waals surface area contributed by atoms with Crippen LogP contribution in [0.15, 0.2) is 0 Å². The van der Waals surface area contributed by atoms with E-state index in [0.717, 1.165) is 19.4 Å². The van der Waals surface area contributed by atoms with Crippen LogP contribution in [0.25, 0.3) is 0 Å². The van der Waals surface area contributed by atoms with Gasteiger partial charge in [-0.05, 0) is 19.3 Å². The first-order chi connectivity index (χ1) is 8.27. The summed E-state index contributed by atoms with van der Waals surface area (Å²) in [5.41, 5.74) is 0. The van der Waals surface area contributed by atoms with E-state index in [4.69, 9.17) is 9.84 Å². The molecule has 0 spiro atoms. The molecule has 0 aromatic carbocycles. The molecule has 1 aliphatic rings. The first-order valence-electron chi connectivity index (χ1n) is 6.88. The third kappa shape index (κ3) is 5.82. The maximum Gasteiger partial charge on any atom is 0.0900 e. The highest BCUT2D eigenvalue weighted by Crippen LogP contribution is 2.24. The topological polar surface area (TPSA) is 52.9 Å². The van der Waals surface area contributed by atoms with E-state index in [1.165, 1.54) is 19.3 Å². The normalized spacial score (nSPS) is 18.4. The van der Waals surface area contributed by atoms with Crippen LogP contribution in [-0.4, -0.2) is 60.2 Å². The summed E-state index contributed by atoms with van der Waals surface area (Å²) in [7, 11) is 0. The molecule has 1 saturated carbocycles. The predicted octanol–water partition coefficient (Wildman–Crippen LogP) is 1.01. The van der Waals surface area contributed by atoms with Gasteiger partial charge in [0.05, 0.1) is 19.3 Å². The highest BCUT2D eigenvalue weighted by molar-refractivity contribution is 4.81. The lowest BCUT2D eigenvalue weighted by Crippen LogP contribution is -2.46. The number of nitrogens with zero attached hydrogens (tertiary/aromatic N) is 1. The number of aliphatic hydroxyl groups excluding tert-OH is 2. The molecule has 1 aliphatic carbocycles. The summed E-state index contributed by atoms with van der Waals surface area (Å²) >= 11 is 0. The molecule has 0 saturated heterocycles. The summed E-state index contributed by atoms with van der Waals surface area (Å²) in [4.78, 5) is 2.19. The van der Waals surface area contributed by atoms with Crippen molar-refractivity contribution in [2.75, 3.05) is 32.9 Å². The zero-order chi connectivity index (χ0) is 12.5. The molecular formula is C13H27NO3. The van der Waals surface area contributed by atoms with Crippen molar-refractivity contribution >= 4 is 0 Å². The van der Waals surface area contributed by atoms with E-state index in [2.05, 4.69) is 11.8 Å². The molecular weight excluding hydrogens is 218 g/mol. The number of rotatable bonds is 10. The maximum atomic E-state index is 9.87. The zero-order valence-electron chi connectivity index (χ0n) is 11.0. The van der Waals surface area contributed by atoms with Gasteiger partial charge < -0.3 is 14.9 Å². The van der Waals surface area contributed by atoms with Crippen LogP contribution in [0, 0.1) is 0 Å². The lowest BCUT2D eigenvalue weighted by Gasteiger charge is -2.38. The van der Waals surface area contributed by atoms with Crippen LogP contribution in [0.2, 0.25) is 0 Å². The molecule has 2 N–H and O–H groups in total. The molecule has 1 rings (SSSR count). The second kappa shape index (κ2) is 8.86. The number of unbranched alkanes of at least 4 members (excludes halogenated alkanes) is 1. The smallest absolute Gasteiger partial charge is 0.0900 e. The Bertz CT molecular complexity index is 186. The molecule has 1 atom stereocenters. The lowest BCUT2D eigenvalue weighted by molar-refractivity contribution is -0.00541. The van der Waals surface area contributed by atoms with Gasteiger partial charge in [-0.2, -0.15) is 0 Å². The number of hydrogen-bond donors (Lipinski definition) is 2. The Morgan fingerprint density at radius 1 is 1.41 bits per heavy atom. The van der Waals surface area contributed by atoms with Crippen LogP contribution in [0.3, 0.4) is 0 Å². The SMILES string of the molecule is CCCCOCC(O)CN(CCO)C1CCC1. The van der Waals surface area contributed by atoms with Gasteiger partial charge in [0.15, 0.2) is 0 Å². The van der Waals surface area contributed by atoms with Crippen molar-refractivity contribution < 1.29 is 14.9 Å². The van der Waals surface area contributed by atoms with Crippen LogP contribution >= 0.6 is 0 Å². The Hall–Kier alpha value is -0.160. The average Bonchev–Trinajstić information content (AvgIpc) is 2.22. The molecule has 17 heavy (non-hydrogen) atoms. The van der Waals surface area contributed by atoms with E-state index in [1.807, 2.05) is 0 Å². The molecule has 0 radical (unpaired) electrons. The Morgan fingerprint density at radius 2 is 2.18 bits per heavy atom. The van der Waals surface area contributed by atoms with Gasteiger partial charge in [0.1, 0.15) is 0 Å². The van der Waals surface area contributed by atoms with Crippen molar-refractivity contribution in [2.45, 2.75) is 51.2 Å². The Labute approximate surface area is 105 Å². The minimum atomic E-state index is -0.431. The van der Waals surface area contributed by atoms with Crippen LogP contribution in [-0.2, 0) is 4.74 Å². The minimum absolute atomic E-state index is 0.167. The van der Waals surface area contributed by atoms with Crippen molar-refractivity contribution in [3.63, 3.8) is 0 Å². The Balaban J connectivity index is 2.14. The number of aliphatic hydroxyl groups is 2. The molecule has 1 unspecified atom stereocenters. The largest absolute Gasteiger partial charge is 0.395 e. The molecule has 0 aromatic rings. The Kier molecular flexibility index (Phi) is 7.77. The van der Waals surface area contributed by atoms with Crippen molar-refractivity contribution in [2.24, 2.45) is 0 Å². The van der Waals surface area contributed by atoms with E-state index < -0.39 is 6.10 Å². The fourth-order valence-electron chi connectivity index (χ4n) is 2.09. The molecule has 102 valence electrons. The van der Waals surface area contributed by atoms with Gasteiger partial charge in [-0.1, -0.05) is 19.8 Å². The zero-order valence-corrected chi connectivity index (χ0v) is 11.0. The summed E-state index contributed by atoms with van der Waals surface area (Å²) in [6.45, 7) is 4.72. The van der Waals surface area contributed by atoms with Crippen molar-refractivity contribution in [3.05, 3.63) is 0 Å². The molecule has 1 fully saturated rings. The molecule has 4 heteroatoms. The first-order valence-corrected chi connectivity index (χ1v) is 6.88. The summed E-state index contributed by atoms with van der Waals surface area (Å²) in [5.74, 6) is 0. The standard InChI is InChI=1S/C13H27NO3/c1-2-3-9-17-11-13(16)10-14(7-8-15)12-5-4-6-12/h12-13,15-16H,2-11H2,1H3. The second-order valence-electron chi connectivity index (χ2n) is 4.89. The van der Waals surface area contributed by atoms with E-state index in [9.17, 15) is 5.11 Å². The van der Waals surface area contributed by atoms with Crippen LogP contribution in [0.4, 0.5) is 0 Å². The molecule has 0 amide bonds.